The van der Waals surface area contributed by atoms with Crippen molar-refractivity contribution in [3.8, 4) is 5.75 Å². The van der Waals surface area contributed by atoms with Gasteiger partial charge in [-0.1, -0.05) is 49.2 Å². The smallest absolute Gasteiger partial charge is 0.119 e. The summed E-state index contributed by atoms with van der Waals surface area (Å²) in [4.78, 5) is 0. The highest BCUT2D eigenvalue weighted by Crippen LogP contribution is 2.23. The predicted octanol–water partition coefficient (Wildman–Crippen LogP) is 5.70. The lowest BCUT2D eigenvalue weighted by molar-refractivity contribution is 0.306. The first-order chi connectivity index (χ1) is 9.06. The molecule has 0 N–H and O–H groups in total. The van der Waals surface area contributed by atoms with Gasteiger partial charge in [0.25, 0.3) is 0 Å². The molecule has 0 heterocycles. The van der Waals surface area contributed by atoms with Crippen LogP contribution in [-0.2, 0) is 6.61 Å². The first-order valence-corrected chi connectivity index (χ1v) is 6.98. The van der Waals surface area contributed by atoms with Gasteiger partial charge < -0.3 is 4.74 Å². The summed E-state index contributed by atoms with van der Waals surface area (Å²) in [6.07, 6.45) is 0. The fourth-order valence-corrected chi connectivity index (χ4v) is 2.13. The van der Waals surface area contributed by atoms with E-state index in [0.29, 0.717) is 22.6 Å². The molecule has 0 bridgehead atoms. The number of rotatable bonds is 4. The van der Waals surface area contributed by atoms with Crippen LogP contribution in [0, 0.1) is 0 Å². The molecule has 0 saturated heterocycles. The fourth-order valence-electron chi connectivity index (χ4n) is 1.76. The van der Waals surface area contributed by atoms with Gasteiger partial charge >= 0.3 is 0 Å². The van der Waals surface area contributed by atoms with Crippen LogP contribution < -0.4 is 4.74 Å². The number of benzene rings is 2. The Morgan fingerprint density at radius 2 is 1.68 bits per heavy atom. The van der Waals surface area contributed by atoms with E-state index in [1.54, 1.807) is 12.1 Å². The highest BCUT2D eigenvalue weighted by Gasteiger charge is 2.03. The van der Waals surface area contributed by atoms with Gasteiger partial charge in [-0.3, -0.25) is 0 Å². The molecule has 0 aliphatic rings. The second kappa shape index (κ2) is 6.31. The number of halogens is 2. The molecule has 19 heavy (non-hydrogen) atoms. The molecule has 2 aromatic rings. The summed E-state index contributed by atoms with van der Waals surface area (Å²) in [6, 6.07) is 13.5. The molecule has 0 fully saturated rings. The second-order valence-electron chi connectivity index (χ2n) is 4.75. The molecule has 0 aliphatic carbocycles. The van der Waals surface area contributed by atoms with Crippen LogP contribution >= 0.6 is 23.2 Å². The van der Waals surface area contributed by atoms with Crippen molar-refractivity contribution in [2.75, 3.05) is 0 Å². The summed E-state index contributed by atoms with van der Waals surface area (Å²) >= 11 is 12.0. The summed E-state index contributed by atoms with van der Waals surface area (Å²) in [5.74, 6) is 1.36. The van der Waals surface area contributed by atoms with E-state index in [9.17, 15) is 0 Å². The van der Waals surface area contributed by atoms with Crippen molar-refractivity contribution in [3.05, 3.63) is 63.6 Å². The van der Waals surface area contributed by atoms with Crippen LogP contribution in [0.5, 0.6) is 5.75 Å². The van der Waals surface area contributed by atoms with E-state index in [0.717, 1.165) is 11.3 Å². The minimum absolute atomic E-state index is 0.417. The van der Waals surface area contributed by atoms with Gasteiger partial charge in [-0.15, -0.1) is 0 Å². The molecule has 0 atom stereocenters. The zero-order valence-electron chi connectivity index (χ0n) is 11.0. The van der Waals surface area contributed by atoms with E-state index in [2.05, 4.69) is 26.0 Å². The van der Waals surface area contributed by atoms with E-state index in [1.165, 1.54) is 5.56 Å². The van der Waals surface area contributed by atoms with Crippen LogP contribution in [0.1, 0.15) is 30.9 Å². The van der Waals surface area contributed by atoms with Crippen LogP contribution in [0.2, 0.25) is 10.0 Å². The Kier molecular flexibility index (Phi) is 4.73. The van der Waals surface area contributed by atoms with Crippen LogP contribution in [0.4, 0.5) is 0 Å². The average Bonchev–Trinajstić information content (AvgIpc) is 2.40. The lowest BCUT2D eigenvalue weighted by Crippen LogP contribution is -1.97. The largest absolute Gasteiger partial charge is 0.489 e. The van der Waals surface area contributed by atoms with Gasteiger partial charge in [0, 0.05) is 15.6 Å². The molecule has 0 amide bonds. The van der Waals surface area contributed by atoms with E-state index < -0.39 is 0 Å². The Balaban J connectivity index is 2.04. The third-order valence-corrected chi connectivity index (χ3v) is 3.55. The van der Waals surface area contributed by atoms with E-state index in [4.69, 9.17) is 27.9 Å². The van der Waals surface area contributed by atoms with Gasteiger partial charge in [0.1, 0.15) is 12.4 Å². The third kappa shape index (κ3) is 3.89. The van der Waals surface area contributed by atoms with Gasteiger partial charge in [0.15, 0.2) is 0 Å². The molecule has 3 heteroatoms. The highest BCUT2D eigenvalue weighted by atomic mass is 35.5. The van der Waals surface area contributed by atoms with Crippen LogP contribution in [-0.4, -0.2) is 0 Å². The van der Waals surface area contributed by atoms with Crippen molar-refractivity contribution in [1.29, 1.82) is 0 Å². The Bertz CT molecular complexity index is 547. The minimum Gasteiger partial charge on any atom is -0.489 e. The van der Waals surface area contributed by atoms with Gasteiger partial charge in [0.05, 0.1) is 0 Å². The van der Waals surface area contributed by atoms with Gasteiger partial charge in [-0.05, 0) is 41.8 Å². The Hall–Kier alpha value is -1.18. The second-order valence-corrected chi connectivity index (χ2v) is 5.59. The van der Waals surface area contributed by atoms with E-state index in [-0.39, 0.29) is 0 Å². The van der Waals surface area contributed by atoms with Crippen molar-refractivity contribution in [2.24, 2.45) is 0 Å². The molecule has 0 aromatic heterocycles. The third-order valence-electron chi connectivity index (χ3n) is 2.95. The maximum Gasteiger partial charge on any atom is 0.119 e. The van der Waals surface area contributed by atoms with Crippen molar-refractivity contribution in [2.45, 2.75) is 26.4 Å². The van der Waals surface area contributed by atoms with E-state index >= 15 is 0 Å². The average molecular weight is 295 g/mol. The molecule has 0 spiro atoms. The molecule has 0 unspecified atom stereocenters. The number of ether oxygens (including phenoxy) is 1. The van der Waals surface area contributed by atoms with Crippen molar-refractivity contribution >= 4 is 23.2 Å². The molecular formula is C16H16Cl2O. The maximum absolute atomic E-state index is 6.09. The lowest BCUT2D eigenvalue weighted by atomic mass is 10.0. The Morgan fingerprint density at radius 3 is 2.32 bits per heavy atom. The molecular weight excluding hydrogens is 279 g/mol. The van der Waals surface area contributed by atoms with Crippen LogP contribution in [0.15, 0.2) is 42.5 Å². The summed E-state index contributed by atoms with van der Waals surface area (Å²) < 4.78 is 5.72. The highest BCUT2D eigenvalue weighted by molar-refractivity contribution is 6.33. The SMILES string of the molecule is CC(C)c1ccc(OCc2cc(Cl)ccc2Cl)cc1. The summed E-state index contributed by atoms with van der Waals surface area (Å²) in [7, 11) is 0. The van der Waals surface area contributed by atoms with Crippen molar-refractivity contribution < 1.29 is 4.74 Å². The summed E-state index contributed by atoms with van der Waals surface area (Å²) in [5.41, 5.74) is 2.19. The summed E-state index contributed by atoms with van der Waals surface area (Å²) in [6.45, 7) is 4.75. The Morgan fingerprint density at radius 1 is 1.00 bits per heavy atom. The standard InChI is InChI=1S/C16H16Cl2O/c1-11(2)12-3-6-15(7-4-12)19-10-13-9-14(17)5-8-16(13)18/h3-9,11H,10H2,1-2H3. The van der Waals surface area contributed by atoms with Gasteiger partial charge in [-0.25, -0.2) is 0 Å². The van der Waals surface area contributed by atoms with Crippen LogP contribution in [0.25, 0.3) is 0 Å². The molecule has 100 valence electrons. The normalized spacial score (nSPS) is 10.8. The van der Waals surface area contributed by atoms with Crippen LogP contribution in [0.3, 0.4) is 0 Å². The minimum atomic E-state index is 0.417. The first-order valence-electron chi connectivity index (χ1n) is 6.23. The molecule has 2 aromatic carbocycles. The first kappa shape index (κ1) is 14.2. The maximum atomic E-state index is 6.09. The molecule has 0 radical (unpaired) electrons. The topological polar surface area (TPSA) is 9.23 Å². The van der Waals surface area contributed by atoms with Crippen molar-refractivity contribution in [1.82, 2.24) is 0 Å². The van der Waals surface area contributed by atoms with E-state index in [1.807, 2.05) is 18.2 Å². The molecule has 0 aliphatic heterocycles. The summed E-state index contributed by atoms with van der Waals surface area (Å²) in [5, 5.41) is 1.33. The van der Waals surface area contributed by atoms with Gasteiger partial charge in [0.2, 0.25) is 0 Å². The van der Waals surface area contributed by atoms with Gasteiger partial charge in [-0.2, -0.15) is 0 Å². The zero-order chi connectivity index (χ0) is 13.8. The number of hydrogen-bond donors (Lipinski definition) is 0. The Labute approximate surface area is 124 Å². The number of hydrogen-bond acceptors (Lipinski definition) is 1. The predicted molar refractivity (Wildman–Crippen MR) is 81.3 cm³/mol. The fraction of sp³-hybridized carbons (Fsp3) is 0.250. The molecule has 0 saturated carbocycles. The quantitative estimate of drug-likeness (QED) is 0.703. The molecule has 2 rings (SSSR count). The monoisotopic (exact) mass is 294 g/mol. The lowest BCUT2D eigenvalue weighted by Gasteiger charge is -2.10. The van der Waals surface area contributed by atoms with Crippen molar-refractivity contribution in [3.63, 3.8) is 0 Å². The zero-order valence-corrected chi connectivity index (χ0v) is 12.5. The molecule has 1 nitrogen and oxygen atoms in total.